The molecule has 32 heavy (non-hydrogen) atoms. The Bertz CT molecular complexity index is 1140. The first-order valence-corrected chi connectivity index (χ1v) is 11.8. The quantitative estimate of drug-likeness (QED) is 0.284. The lowest BCUT2D eigenvalue weighted by Gasteiger charge is -2.10. The first-order valence-electron chi connectivity index (χ1n) is 9.26. The molecule has 2 aromatic carbocycles. The fraction of sp³-hybridized carbons (Fsp3) is 0.0909. The standard InChI is InChI=1S/C22H17Br2N3O4S/c23-14-4-1-6-16(10-14)26-19(28)12-31-22(30)18-8-3-9-25-21(18)32-13-20(29)27-17-7-2-5-15(24)11-17/h1-11H,12-13H2,(H,26,28)(H,27,29). The third-order valence-corrected chi connectivity index (χ3v) is 5.87. The lowest BCUT2D eigenvalue weighted by molar-refractivity contribution is -0.119. The molecule has 7 nitrogen and oxygen atoms in total. The Labute approximate surface area is 205 Å². The van der Waals surface area contributed by atoms with E-state index < -0.39 is 18.5 Å². The molecule has 1 aromatic heterocycles. The highest BCUT2D eigenvalue weighted by Gasteiger charge is 2.17. The Hall–Kier alpha value is -2.69. The average molecular weight is 579 g/mol. The molecule has 0 saturated carbocycles. The Balaban J connectivity index is 1.53. The van der Waals surface area contributed by atoms with Gasteiger partial charge in [0.05, 0.1) is 11.3 Å². The van der Waals surface area contributed by atoms with Gasteiger partial charge in [-0.1, -0.05) is 55.8 Å². The molecule has 3 rings (SSSR count). The number of rotatable bonds is 8. The summed E-state index contributed by atoms with van der Waals surface area (Å²) in [5.41, 5.74) is 1.42. The average Bonchev–Trinajstić information content (AvgIpc) is 2.76. The second-order valence-electron chi connectivity index (χ2n) is 6.34. The van der Waals surface area contributed by atoms with Crippen molar-refractivity contribution in [3.05, 3.63) is 81.4 Å². The van der Waals surface area contributed by atoms with Gasteiger partial charge in [0.2, 0.25) is 5.91 Å². The molecular weight excluding hydrogens is 562 g/mol. The molecule has 0 radical (unpaired) electrons. The molecule has 0 unspecified atom stereocenters. The van der Waals surface area contributed by atoms with Gasteiger partial charge in [-0.3, -0.25) is 9.59 Å². The van der Waals surface area contributed by atoms with E-state index in [4.69, 9.17) is 4.74 Å². The lowest BCUT2D eigenvalue weighted by atomic mass is 10.3. The van der Waals surface area contributed by atoms with Gasteiger partial charge in [0, 0.05) is 26.5 Å². The number of carbonyl (C=O) groups excluding carboxylic acids is 3. The first kappa shape index (κ1) is 24.0. The van der Waals surface area contributed by atoms with Crippen molar-refractivity contribution in [1.29, 1.82) is 0 Å². The van der Waals surface area contributed by atoms with Crippen LogP contribution in [0.25, 0.3) is 0 Å². The maximum atomic E-state index is 12.5. The highest BCUT2D eigenvalue weighted by molar-refractivity contribution is 9.10. The summed E-state index contributed by atoms with van der Waals surface area (Å²) in [7, 11) is 0. The Morgan fingerprint density at radius 2 is 1.50 bits per heavy atom. The van der Waals surface area contributed by atoms with Gasteiger partial charge in [0.15, 0.2) is 6.61 Å². The number of hydrogen-bond donors (Lipinski definition) is 2. The van der Waals surface area contributed by atoms with E-state index in [2.05, 4.69) is 47.5 Å². The number of pyridine rings is 1. The van der Waals surface area contributed by atoms with E-state index in [0.29, 0.717) is 16.4 Å². The second-order valence-corrected chi connectivity index (χ2v) is 9.13. The van der Waals surface area contributed by atoms with Gasteiger partial charge in [-0.15, -0.1) is 0 Å². The molecule has 0 aliphatic rings. The van der Waals surface area contributed by atoms with Gasteiger partial charge in [0.25, 0.3) is 5.91 Å². The van der Waals surface area contributed by atoms with E-state index in [0.717, 1.165) is 20.7 Å². The molecule has 0 atom stereocenters. The van der Waals surface area contributed by atoms with Crippen LogP contribution in [0.15, 0.2) is 80.8 Å². The zero-order valence-electron chi connectivity index (χ0n) is 16.5. The number of carbonyl (C=O) groups is 3. The van der Waals surface area contributed by atoms with Gasteiger partial charge >= 0.3 is 5.97 Å². The monoisotopic (exact) mass is 577 g/mol. The number of nitrogens with one attached hydrogen (secondary N) is 2. The Morgan fingerprint density at radius 3 is 2.12 bits per heavy atom. The Kier molecular flexibility index (Phi) is 8.83. The molecule has 0 saturated heterocycles. The summed E-state index contributed by atoms with van der Waals surface area (Å²) < 4.78 is 6.79. The number of esters is 1. The molecule has 0 fully saturated rings. The van der Waals surface area contributed by atoms with Crippen molar-refractivity contribution in [2.75, 3.05) is 23.0 Å². The number of ether oxygens (including phenoxy) is 1. The summed E-state index contributed by atoms with van der Waals surface area (Å²) in [6, 6.07) is 17.4. The minimum Gasteiger partial charge on any atom is -0.452 e. The maximum absolute atomic E-state index is 12.5. The second kappa shape index (κ2) is 11.8. The van der Waals surface area contributed by atoms with E-state index in [1.165, 1.54) is 12.3 Å². The highest BCUT2D eigenvalue weighted by Crippen LogP contribution is 2.22. The molecule has 0 aliphatic carbocycles. The summed E-state index contributed by atoms with van der Waals surface area (Å²) in [6.45, 7) is -0.451. The van der Waals surface area contributed by atoms with E-state index in [-0.39, 0.29) is 17.2 Å². The number of amides is 2. The third-order valence-electron chi connectivity index (χ3n) is 3.88. The number of halogens is 2. The summed E-state index contributed by atoms with van der Waals surface area (Å²) in [5.74, 6) is -1.36. The normalized spacial score (nSPS) is 10.3. The van der Waals surface area contributed by atoms with Crippen LogP contribution in [0, 0.1) is 0 Å². The summed E-state index contributed by atoms with van der Waals surface area (Å²) in [6.07, 6.45) is 1.52. The number of benzene rings is 2. The summed E-state index contributed by atoms with van der Waals surface area (Å²) >= 11 is 7.78. The van der Waals surface area contributed by atoms with Crippen LogP contribution < -0.4 is 10.6 Å². The van der Waals surface area contributed by atoms with Crippen molar-refractivity contribution in [2.24, 2.45) is 0 Å². The molecule has 164 valence electrons. The van der Waals surface area contributed by atoms with Crippen LogP contribution in [0.2, 0.25) is 0 Å². The van der Waals surface area contributed by atoms with E-state index in [9.17, 15) is 14.4 Å². The van der Waals surface area contributed by atoms with Crippen LogP contribution in [0.4, 0.5) is 11.4 Å². The number of nitrogens with zero attached hydrogens (tertiary/aromatic N) is 1. The number of anilines is 2. The van der Waals surface area contributed by atoms with Gasteiger partial charge in [-0.05, 0) is 48.5 Å². The SMILES string of the molecule is O=C(COC(=O)c1cccnc1SCC(=O)Nc1cccc(Br)c1)Nc1cccc(Br)c1. The van der Waals surface area contributed by atoms with E-state index in [1.807, 2.05) is 18.2 Å². The predicted molar refractivity (Wildman–Crippen MR) is 131 cm³/mol. The molecule has 2 amide bonds. The number of hydrogen-bond acceptors (Lipinski definition) is 6. The fourth-order valence-electron chi connectivity index (χ4n) is 2.53. The molecule has 1 heterocycles. The molecule has 0 spiro atoms. The molecule has 3 aromatic rings. The smallest absolute Gasteiger partial charge is 0.341 e. The minimum absolute atomic E-state index is 0.0488. The van der Waals surface area contributed by atoms with Crippen LogP contribution in [0.5, 0.6) is 0 Å². The van der Waals surface area contributed by atoms with Crippen molar-refractivity contribution in [1.82, 2.24) is 4.98 Å². The largest absolute Gasteiger partial charge is 0.452 e. The highest BCUT2D eigenvalue weighted by atomic mass is 79.9. The van der Waals surface area contributed by atoms with E-state index in [1.54, 1.807) is 36.4 Å². The minimum atomic E-state index is -0.697. The van der Waals surface area contributed by atoms with Crippen LogP contribution in [-0.4, -0.2) is 35.1 Å². The molecule has 0 bridgehead atoms. The van der Waals surface area contributed by atoms with Crippen molar-refractivity contribution >= 4 is 72.8 Å². The zero-order valence-corrected chi connectivity index (χ0v) is 20.5. The van der Waals surface area contributed by atoms with Crippen molar-refractivity contribution in [3.8, 4) is 0 Å². The molecule has 0 aliphatic heterocycles. The zero-order chi connectivity index (χ0) is 22.9. The number of thioether (sulfide) groups is 1. The van der Waals surface area contributed by atoms with Crippen molar-refractivity contribution < 1.29 is 19.1 Å². The molecule has 10 heteroatoms. The van der Waals surface area contributed by atoms with Crippen LogP contribution in [-0.2, 0) is 14.3 Å². The van der Waals surface area contributed by atoms with Crippen molar-refractivity contribution in [3.63, 3.8) is 0 Å². The lowest BCUT2D eigenvalue weighted by Crippen LogP contribution is -2.21. The van der Waals surface area contributed by atoms with Gasteiger partial charge in [-0.2, -0.15) is 0 Å². The van der Waals surface area contributed by atoms with Crippen LogP contribution in [0.3, 0.4) is 0 Å². The van der Waals surface area contributed by atoms with Crippen LogP contribution >= 0.6 is 43.6 Å². The fourth-order valence-corrected chi connectivity index (χ4v) is 4.11. The first-order chi connectivity index (χ1) is 15.4. The maximum Gasteiger partial charge on any atom is 0.341 e. The van der Waals surface area contributed by atoms with Crippen molar-refractivity contribution in [2.45, 2.75) is 5.03 Å². The summed E-state index contributed by atoms with van der Waals surface area (Å²) in [4.78, 5) is 41.0. The van der Waals surface area contributed by atoms with Gasteiger partial charge in [-0.25, -0.2) is 9.78 Å². The topological polar surface area (TPSA) is 97.4 Å². The molecule has 2 N–H and O–H groups in total. The van der Waals surface area contributed by atoms with Crippen LogP contribution in [0.1, 0.15) is 10.4 Å². The van der Waals surface area contributed by atoms with Gasteiger partial charge < -0.3 is 15.4 Å². The predicted octanol–water partition coefficient (Wildman–Crippen LogP) is 5.13. The third kappa shape index (κ3) is 7.47. The molecular formula is C22H17Br2N3O4S. The van der Waals surface area contributed by atoms with Gasteiger partial charge in [0.1, 0.15) is 5.03 Å². The summed E-state index contributed by atoms with van der Waals surface area (Å²) in [5, 5.41) is 5.77. The Morgan fingerprint density at radius 1 is 0.875 bits per heavy atom. The van der Waals surface area contributed by atoms with E-state index >= 15 is 0 Å². The number of aromatic nitrogens is 1.